The molecule has 0 unspecified atom stereocenters. The number of thiophene rings is 1. The second-order valence-corrected chi connectivity index (χ2v) is 8.70. The summed E-state index contributed by atoms with van der Waals surface area (Å²) < 4.78 is 26.1. The summed E-state index contributed by atoms with van der Waals surface area (Å²) in [5, 5.41) is 8.77. The number of hydrogen-bond acceptors (Lipinski definition) is 5. The van der Waals surface area contributed by atoms with Crippen molar-refractivity contribution < 1.29 is 8.42 Å². The maximum Gasteiger partial charge on any atom is 0.242 e. The third-order valence-electron chi connectivity index (χ3n) is 2.51. The minimum Gasteiger partial charge on any atom is -0.207 e. The first-order valence-electron chi connectivity index (χ1n) is 5.64. The molecule has 0 N–H and O–H groups in total. The summed E-state index contributed by atoms with van der Waals surface area (Å²) in [6, 6.07) is 12.5. The van der Waals surface area contributed by atoms with Gasteiger partial charge in [0.25, 0.3) is 0 Å². The van der Waals surface area contributed by atoms with E-state index in [4.69, 9.17) is 5.26 Å². The van der Waals surface area contributed by atoms with Crippen LogP contribution in [0.3, 0.4) is 0 Å². The third kappa shape index (κ3) is 3.22. The molecule has 0 spiro atoms. The predicted molar refractivity (Wildman–Crippen MR) is 80.5 cm³/mol. The lowest BCUT2D eigenvalue weighted by Crippen LogP contribution is -2.22. The predicted octanol–water partition coefficient (Wildman–Crippen LogP) is 3.02. The normalized spacial score (nSPS) is 11.5. The minimum absolute atomic E-state index is 0.274. The molecule has 1 heterocycles. The summed E-state index contributed by atoms with van der Waals surface area (Å²) in [4.78, 5) is 1.88. The fourth-order valence-electron chi connectivity index (χ4n) is 1.44. The van der Waals surface area contributed by atoms with Crippen LogP contribution in [-0.4, -0.2) is 26.8 Å². The molecule has 0 saturated heterocycles. The minimum atomic E-state index is -3.38. The molecule has 0 amide bonds. The van der Waals surface area contributed by atoms with Crippen LogP contribution in [0.15, 0.2) is 50.4 Å². The Balaban J connectivity index is 2.19. The summed E-state index contributed by atoms with van der Waals surface area (Å²) in [5.41, 5.74) is 0. The van der Waals surface area contributed by atoms with E-state index in [0.29, 0.717) is 4.88 Å². The van der Waals surface area contributed by atoms with Crippen molar-refractivity contribution in [1.82, 2.24) is 4.31 Å². The van der Waals surface area contributed by atoms with Gasteiger partial charge < -0.3 is 0 Å². The highest BCUT2D eigenvalue weighted by Crippen LogP contribution is 2.33. The van der Waals surface area contributed by atoms with Crippen molar-refractivity contribution in [1.29, 1.82) is 5.26 Å². The maximum absolute atomic E-state index is 11.9. The molecule has 4 nitrogen and oxygen atoms in total. The van der Waals surface area contributed by atoms with Crippen molar-refractivity contribution >= 4 is 33.1 Å². The molecular weight excluding hydrogens is 312 g/mol. The van der Waals surface area contributed by atoms with Gasteiger partial charge in [0.05, 0.1) is 9.10 Å². The van der Waals surface area contributed by atoms with Gasteiger partial charge in [-0.15, -0.1) is 11.3 Å². The van der Waals surface area contributed by atoms with Crippen LogP contribution in [0.25, 0.3) is 0 Å². The fraction of sp³-hybridized carbons (Fsp3) is 0.154. The van der Waals surface area contributed by atoms with Crippen molar-refractivity contribution in [3.05, 3.63) is 41.3 Å². The largest absolute Gasteiger partial charge is 0.242 e. The van der Waals surface area contributed by atoms with Gasteiger partial charge in [-0.05, 0) is 36.4 Å². The van der Waals surface area contributed by atoms with Crippen molar-refractivity contribution in [3.8, 4) is 6.07 Å². The first-order chi connectivity index (χ1) is 9.43. The summed E-state index contributed by atoms with van der Waals surface area (Å²) in [6.07, 6.45) is 0. The molecule has 104 valence electrons. The lowest BCUT2D eigenvalue weighted by Gasteiger charge is -2.11. The standard InChI is InChI=1S/C13H12N2O2S3/c1-15(2)20(16,17)12-6-3-10(4-7-12)18-13-8-5-11(9-14)19-13/h3-8H,1-2H3. The van der Waals surface area contributed by atoms with Gasteiger partial charge >= 0.3 is 0 Å². The lowest BCUT2D eigenvalue weighted by molar-refractivity contribution is 0.520. The Bertz CT molecular complexity index is 741. The van der Waals surface area contributed by atoms with Crippen LogP contribution in [0.2, 0.25) is 0 Å². The van der Waals surface area contributed by atoms with Crippen LogP contribution < -0.4 is 0 Å². The first-order valence-corrected chi connectivity index (χ1v) is 8.71. The Hall–Kier alpha value is -1.33. The summed E-state index contributed by atoms with van der Waals surface area (Å²) >= 11 is 2.93. The zero-order valence-electron chi connectivity index (χ0n) is 10.9. The maximum atomic E-state index is 11.9. The van der Waals surface area contributed by atoms with Crippen LogP contribution >= 0.6 is 23.1 Å². The van der Waals surface area contributed by atoms with E-state index in [-0.39, 0.29) is 4.90 Å². The molecule has 2 rings (SSSR count). The number of hydrogen-bond donors (Lipinski definition) is 0. The molecule has 20 heavy (non-hydrogen) atoms. The second-order valence-electron chi connectivity index (χ2n) is 4.09. The fourth-order valence-corrected chi connectivity index (χ4v) is 4.24. The molecule has 1 aromatic heterocycles. The van der Waals surface area contributed by atoms with Crippen molar-refractivity contribution in [2.75, 3.05) is 14.1 Å². The summed E-state index contributed by atoms with van der Waals surface area (Å²) in [6.45, 7) is 0. The number of benzene rings is 1. The van der Waals surface area contributed by atoms with E-state index in [1.165, 1.54) is 41.5 Å². The molecule has 1 aromatic carbocycles. The molecule has 0 saturated carbocycles. The van der Waals surface area contributed by atoms with Crippen LogP contribution in [-0.2, 0) is 10.0 Å². The van der Waals surface area contributed by atoms with Gasteiger partial charge in [0.1, 0.15) is 10.9 Å². The molecule has 0 aliphatic heterocycles. The first kappa shape index (κ1) is 15.1. The Kier molecular flexibility index (Phi) is 4.50. The number of sulfonamides is 1. The van der Waals surface area contributed by atoms with E-state index in [1.54, 1.807) is 30.3 Å². The highest BCUT2D eigenvalue weighted by Gasteiger charge is 2.16. The number of rotatable bonds is 4. The van der Waals surface area contributed by atoms with Crippen LogP contribution in [0.1, 0.15) is 4.88 Å². The van der Waals surface area contributed by atoms with Gasteiger partial charge in [0.2, 0.25) is 10.0 Å². The van der Waals surface area contributed by atoms with E-state index >= 15 is 0 Å². The van der Waals surface area contributed by atoms with Crippen LogP contribution in [0.4, 0.5) is 0 Å². The van der Waals surface area contributed by atoms with E-state index in [1.807, 2.05) is 6.07 Å². The lowest BCUT2D eigenvalue weighted by atomic mass is 10.4. The zero-order valence-corrected chi connectivity index (χ0v) is 13.3. The average Bonchev–Trinajstić information content (AvgIpc) is 2.87. The van der Waals surface area contributed by atoms with E-state index in [9.17, 15) is 8.42 Å². The third-order valence-corrected chi connectivity index (χ3v) is 6.47. The number of nitrogens with zero attached hydrogens (tertiary/aromatic N) is 2. The zero-order chi connectivity index (χ0) is 14.8. The molecule has 0 aliphatic rings. The molecular formula is C13H12N2O2S3. The van der Waals surface area contributed by atoms with E-state index < -0.39 is 10.0 Å². The Morgan fingerprint density at radius 1 is 1.15 bits per heavy atom. The highest BCUT2D eigenvalue weighted by atomic mass is 32.2. The quantitative estimate of drug-likeness (QED) is 0.867. The smallest absolute Gasteiger partial charge is 0.207 e. The highest BCUT2D eigenvalue weighted by molar-refractivity contribution is 8.01. The molecule has 0 radical (unpaired) electrons. The topological polar surface area (TPSA) is 61.2 Å². The van der Waals surface area contributed by atoms with Gasteiger partial charge in [0.15, 0.2) is 0 Å². The van der Waals surface area contributed by atoms with Crippen LogP contribution in [0, 0.1) is 11.3 Å². The molecule has 7 heteroatoms. The van der Waals surface area contributed by atoms with E-state index in [2.05, 4.69) is 6.07 Å². The van der Waals surface area contributed by atoms with Gasteiger partial charge in [-0.1, -0.05) is 11.8 Å². The molecule has 0 atom stereocenters. The van der Waals surface area contributed by atoms with Crippen molar-refractivity contribution in [2.24, 2.45) is 0 Å². The molecule has 2 aromatic rings. The average molecular weight is 324 g/mol. The Morgan fingerprint density at radius 3 is 2.30 bits per heavy atom. The van der Waals surface area contributed by atoms with Gasteiger partial charge in [0, 0.05) is 19.0 Å². The summed E-state index contributed by atoms with van der Waals surface area (Å²) in [5.74, 6) is 0. The van der Waals surface area contributed by atoms with Crippen LogP contribution in [0.5, 0.6) is 0 Å². The second kappa shape index (κ2) is 5.97. The monoisotopic (exact) mass is 324 g/mol. The van der Waals surface area contributed by atoms with E-state index in [0.717, 1.165) is 9.10 Å². The van der Waals surface area contributed by atoms with Gasteiger partial charge in [-0.25, -0.2) is 12.7 Å². The van der Waals surface area contributed by atoms with Gasteiger partial charge in [-0.2, -0.15) is 5.26 Å². The van der Waals surface area contributed by atoms with Gasteiger partial charge in [-0.3, -0.25) is 0 Å². The van der Waals surface area contributed by atoms with Crippen molar-refractivity contribution in [2.45, 2.75) is 14.0 Å². The number of nitriles is 1. The molecule has 0 bridgehead atoms. The SMILES string of the molecule is CN(C)S(=O)(=O)c1ccc(Sc2ccc(C#N)s2)cc1. The molecule has 0 fully saturated rings. The summed E-state index contributed by atoms with van der Waals surface area (Å²) in [7, 11) is -0.369. The Labute approximate surface area is 126 Å². The Morgan fingerprint density at radius 2 is 1.80 bits per heavy atom. The van der Waals surface area contributed by atoms with Crippen molar-refractivity contribution in [3.63, 3.8) is 0 Å². The molecule has 0 aliphatic carbocycles.